The minimum absolute atomic E-state index is 0.0886. The summed E-state index contributed by atoms with van der Waals surface area (Å²) in [5.41, 5.74) is 4.72. The lowest BCUT2D eigenvalue weighted by molar-refractivity contribution is -0.120. The summed E-state index contributed by atoms with van der Waals surface area (Å²) in [4.78, 5) is 17.4. The average molecular weight is 301 g/mol. The third kappa shape index (κ3) is 2.60. The molecule has 2 heterocycles. The number of piperidine rings is 1. The average Bonchev–Trinajstić information content (AvgIpc) is 2.50. The summed E-state index contributed by atoms with van der Waals surface area (Å²) in [5, 5.41) is 3.44. The summed E-state index contributed by atoms with van der Waals surface area (Å²) >= 11 is 0. The van der Waals surface area contributed by atoms with Gasteiger partial charge in [0.2, 0.25) is 5.91 Å². The van der Waals surface area contributed by atoms with E-state index in [1.807, 2.05) is 0 Å². The van der Waals surface area contributed by atoms with E-state index in [1.165, 1.54) is 11.1 Å². The van der Waals surface area contributed by atoms with E-state index in [0.717, 1.165) is 43.7 Å². The van der Waals surface area contributed by atoms with Gasteiger partial charge in [-0.2, -0.15) is 0 Å². The Morgan fingerprint density at radius 1 is 1.18 bits per heavy atom. The van der Waals surface area contributed by atoms with Crippen LogP contribution in [0.15, 0.2) is 12.1 Å². The second-order valence-electron chi connectivity index (χ2n) is 6.80. The van der Waals surface area contributed by atoms with Crippen LogP contribution in [-0.4, -0.2) is 43.0 Å². The lowest BCUT2D eigenvalue weighted by Gasteiger charge is -2.43. The molecule has 1 N–H and O–H groups in total. The molecule has 2 aliphatic heterocycles. The monoisotopic (exact) mass is 301 g/mol. The van der Waals surface area contributed by atoms with Crippen LogP contribution in [0.5, 0.6) is 0 Å². The standard InChI is InChI=1S/C18H27N3O/c1-5-15-18(22)21(14-6-8-20(4)9-7-14)17-11-13(3)12(2)10-16(17)19-15/h10-11,14-15,19H,5-9H2,1-4H3. The first-order chi connectivity index (χ1) is 10.5. The Kier molecular flexibility index (Phi) is 4.13. The van der Waals surface area contributed by atoms with Gasteiger partial charge in [-0.05, 0) is 76.5 Å². The van der Waals surface area contributed by atoms with Crippen molar-refractivity contribution in [3.05, 3.63) is 23.3 Å². The van der Waals surface area contributed by atoms with Gasteiger partial charge in [0.15, 0.2) is 0 Å². The number of amides is 1. The maximum absolute atomic E-state index is 12.9. The number of likely N-dealkylation sites (tertiary alicyclic amines) is 1. The van der Waals surface area contributed by atoms with Gasteiger partial charge in [-0.25, -0.2) is 0 Å². The Morgan fingerprint density at radius 2 is 1.82 bits per heavy atom. The predicted octanol–water partition coefficient (Wildman–Crippen LogP) is 2.93. The number of anilines is 2. The SMILES string of the molecule is CCC1Nc2cc(C)c(C)cc2N(C2CCN(C)CC2)C1=O. The largest absolute Gasteiger partial charge is 0.372 e. The van der Waals surface area contributed by atoms with E-state index in [-0.39, 0.29) is 11.9 Å². The first kappa shape index (κ1) is 15.3. The molecule has 0 radical (unpaired) electrons. The van der Waals surface area contributed by atoms with Gasteiger partial charge in [0.25, 0.3) is 0 Å². The van der Waals surface area contributed by atoms with Gasteiger partial charge in [-0.3, -0.25) is 4.79 Å². The van der Waals surface area contributed by atoms with Crippen molar-refractivity contribution in [2.45, 2.75) is 52.1 Å². The molecule has 1 fully saturated rings. The van der Waals surface area contributed by atoms with Gasteiger partial charge in [-0.15, -0.1) is 0 Å². The van der Waals surface area contributed by atoms with Crippen LogP contribution < -0.4 is 10.2 Å². The van der Waals surface area contributed by atoms with Crippen molar-refractivity contribution in [2.75, 3.05) is 30.4 Å². The highest BCUT2D eigenvalue weighted by molar-refractivity contribution is 6.05. The molecular formula is C18H27N3O. The minimum Gasteiger partial charge on any atom is -0.372 e. The molecule has 0 aromatic heterocycles. The highest BCUT2D eigenvalue weighted by Crippen LogP contribution is 2.37. The summed E-state index contributed by atoms with van der Waals surface area (Å²) in [6.07, 6.45) is 2.95. The van der Waals surface area contributed by atoms with E-state index < -0.39 is 0 Å². The fourth-order valence-electron chi connectivity index (χ4n) is 3.56. The fourth-order valence-corrected chi connectivity index (χ4v) is 3.56. The van der Waals surface area contributed by atoms with Gasteiger partial charge >= 0.3 is 0 Å². The Hall–Kier alpha value is -1.55. The topological polar surface area (TPSA) is 35.6 Å². The number of aryl methyl sites for hydroxylation is 2. The zero-order valence-corrected chi connectivity index (χ0v) is 14.1. The number of benzene rings is 1. The van der Waals surface area contributed by atoms with Crippen LogP contribution in [0.2, 0.25) is 0 Å². The zero-order valence-electron chi connectivity index (χ0n) is 14.1. The number of fused-ring (bicyclic) bond motifs is 1. The lowest BCUT2D eigenvalue weighted by atomic mass is 9.96. The summed E-state index contributed by atoms with van der Waals surface area (Å²) in [6, 6.07) is 4.62. The minimum atomic E-state index is -0.0886. The van der Waals surface area contributed by atoms with Gasteiger partial charge in [0.1, 0.15) is 6.04 Å². The van der Waals surface area contributed by atoms with Crippen molar-refractivity contribution in [1.82, 2.24) is 4.90 Å². The smallest absolute Gasteiger partial charge is 0.249 e. The van der Waals surface area contributed by atoms with E-state index in [2.05, 4.69) is 55.1 Å². The van der Waals surface area contributed by atoms with Crippen molar-refractivity contribution in [2.24, 2.45) is 0 Å². The number of hydrogen-bond donors (Lipinski definition) is 1. The number of rotatable bonds is 2. The molecular weight excluding hydrogens is 274 g/mol. The maximum Gasteiger partial charge on any atom is 0.249 e. The predicted molar refractivity (Wildman–Crippen MR) is 91.6 cm³/mol. The molecule has 1 amide bonds. The Balaban J connectivity index is 2.00. The van der Waals surface area contributed by atoms with E-state index in [1.54, 1.807) is 0 Å². The molecule has 4 nitrogen and oxygen atoms in total. The maximum atomic E-state index is 12.9. The molecule has 22 heavy (non-hydrogen) atoms. The van der Waals surface area contributed by atoms with Crippen LogP contribution in [0.1, 0.15) is 37.3 Å². The normalized spacial score (nSPS) is 23.4. The second-order valence-corrected chi connectivity index (χ2v) is 6.80. The Bertz CT molecular complexity index is 576. The first-order valence-electron chi connectivity index (χ1n) is 8.40. The van der Waals surface area contributed by atoms with Crippen LogP contribution in [0.25, 0.3) is 0 Å². The molecule has 4 heteroatoms. The summed E-state index contributed by atoms with van der Waals surface area (Å²) in [7, 11) is 2.16. The number of carbonyl (C=O) groups is 1. The molecule has 2 aliphatic rings. The molecule has 0 spiro atoms. The summed E-state index contributed by atoms with van der Waals surface area (Å²) in [6.45, 7) is 8.47. The fraction of sp³-hybridized carbons (Fsp3) is 0.611. The zero-order chi connectivity index (χ0) is 15.9. The first-order valence-corrected chi connectivity index (χ1v) is 8.40. The molecule has 0 bridgehead atoms. The molecule has 0 saturated carbocycles. The Morgan fingerprint density at radius 3 is 2.45 bits per heavy atom. The molecule has 0 aliphatic carbocycles. The number of nitrogens with one attached hydrogen (secondary N) is 1. The van der Waals surface area contributed by atoms with Crippen molar-refractivity contribution < 1.29 is 4.79 Å². The van der Waals surface area contributed by atoms with Gasteiger partial charge in [0.05, 0.1) is 11.4 Å². The van der Waals surface area contributed by atoms with E-state index in [4.69, 9.17) is 0 Å². The van der Waals surface area contributed by atoms with Crippen LogP contribution in [0.3, 0.4) is 0 Å². The molecule has 1 unspecified atom stereocenters. The van der Waals surface area contributed by atoms with Crippen molar-refractivity contribution in [1.29, 1.82) is 0 Å². The molecule has 3 rings (SSSR count). The molecule has 1 atom stereocenters. The molecule has 1 aromatic carbocycles. The highest BCUT2D eigenvalue weighted by atomic mass is 16.2. The molecule has 1 saturated heterocycles. The number of hydrogen-bond acceptors (Lipinski definition) is 3. The van der Waals surface area contributed by atoms with Gasteiger partial charge in [0, 0.05) is 6.04 Å². The highest BCUT2D eigenvalue weighted by Gasteiger charge is 2.37. The van der Waals surface area contributed by atoms with Crippen LogP contribution in [0.4, 0.5) is 11.4 Å². The van der Waals surface area contributed by atoms with Crippen molar-refractivity contribution in [3.8, 4) is 0 Å². The molecule has 1 aromatic rings. The molecule has 120 valence electrons. The van der Waals surface area contributed by atoms with E-state index in [0.29, 0.717) is 6.04 Å². The third-order valence-corrected chi connectivity index (χ3v) is 5.20. The second kappa shape index (κ2) is 5.92. The van der Waals surface area contributed by atoms with Crippen molar-refractivity contribution in [3.63, 3.8) is 0 Å². The van der Waals surface area contributed by atoms with Crippen LogP contribution in [0, 0.1) is 13.8 Å². The lowest BCUT2D eigenvalue weighted by Crippen LogP contribution is -2.54. The van der Waals surface area contributed by atoms with Crippen LogP contribution >= 0.6 is 0 Å². The summed E-state index contributed by atoms with van der Waals surface area (Å²) in [5.74, 6) is 0.243. The van der Waals surface area contributed by atoms with E-state index >= 15 is 0 Å². The van der Waals surface area contributed by atoms with Gasteiger partial charge < -0.3 is 15.1 Å². The number of nitrogens with zero attached hydrogens (tertiary/aromatic N) is 2. The Labute approximate surface area is 133 Å². The van der Waals surface area contributed by atoms with Crippen LogP contribution in [-0.2, 0) is 4.79 Å². The van der Waals surface area contributed by atoms with Gasteiger partial charge in [-0.1, -0.05) is 6.92 Å². The van der Waals surface area contributed by atoms with E-state index in [9.17, 15) is 4.79 Å². The van der Waals surface area contributed by atoms with Crippen molar-refractivity contribution >= 4 is 17.3 Å². The summed E-state index contributed by atoms with van der Waals surface area (Å²) < 4.78 is 0. The number of carbonyl (C=O) groups excluding carboxylic acids is 1. The third-order valence-electron chi connectivity index (χ3n) is 5.20. The quantitative estimate of drug-likeness (QED) is 0.912.